The van der Waals surface area contributed by atoms with Crippen molar-refractivity contribution in [3.8, 4) is 34.5 Å². The van der Waals surface area contributed by atoms with Crippen molar-refractivity contribution in [2.75, 3.05) is 6.79 Å². The van der Waals surface area contributed by atoms with Crippen LogP contribution in [0.3, 0.4) is 0 Å². The lowest BCUT2D eigenvalue weighted by atomic mass is 9.83. The summed E-state index contributed by atoms with van der Waals surface area (Å²) >= 11 is 0. The van der Waals surface area contributed by atoms with E-state index in [0.29, 0.717) is 45.9 Å². The van der Waals surface area contributed by atoms with Crippen molar-refractivity contribution in [2.24, 2.45) is 0 Å². The second-order valence-corrected chi connectivity index (χ2v) is 9.73. The molecule has 0 aliphatic carbocycles. The zero-order valence-corrected chi connectivity index (χ0v) is 18.8. The molecule has 0 fully saturated rings. The van der Waals surface area contributed by atoms with Crippen molar-refractivity contribution in [3.63, 3.8) is 0 Å². The average molecular weight is 470 g/mol. The first-order valence-corrected chi connectivity index (χ1v) is 11.6. The van der Waals surface area contributed by atoms with Crippen LogP contribution in [0.15, 0.2) is 21.7 Å². The summed E-state index contributed by atoms with van der Waals surface area (Å²) in [6, 6.07) is 2.68. The number of phenolic OH excluding ortho intramolecular Hbond substituents is 2. The number of aromatic hydroxyl groups is 2. The van der Waals surface area contributed by atoms with Crippen LogP contribution in [0.25, 0.3) is 43.1 Å². The monoisotopic (exact) mass is 470 g/mol. The van der Waals surface area contributed by atoms with Gasteiger partial charge in [-0.05, 0) is 24.6 Å². The molecule has 0 spiro atoms. The average Bonchev–Trinajstić information content (AvgIpc) is 3.34. The quantitative estimate of drug-likeness (QED) is 0.260. The van der Waals surface area contributed by atoms with Crippen LogP contribution < -0.4 is 29.8 Å². The summed E-state index contributed by atoms with van der Waals surface area (Å²) in [6.45, 7) is 3.62. The highest BCUT2D eigenvalue weighted by Crippen LogP contribution is 2.57. The van der Waals surface area contributed by atoms with E-state index in [2.05, 4.69) is 0 Å². The van der Waals surface area contributed by atoms with Gasteiger partial charge in [0.2, 0.25) is 6.79 Å². The lowest BCUT2D eigenvalue weighted by Crippen LogP contribution is -2.08. The second-order valence-electron chi connectivity index (χ2n) is 9.73. The third kappa shape index (κ3) is 2.06. The lowest BCUT2D eigenvalue weighted by Gasteiger charge is -2.20. The number of rotatable bonds is 0. The van der Waals surface area contributed by atoms with Gasteiger partial charge in [0.15, 0.2) is 33.9 Å². The Labute approximate surface area is 196 Å². The number of hydrogen-bond donors (Lipinski definition) is 2. The van der Waals surface area contributed by atoms with Gasteiger partial charge in [0.1, 0.15) is 23.7 Å². The van der Waals surface area contributed by atoms with E-state index in [4.69, 9.17) is 18.9 Å². The predicted octanol–water partition coefficient (Wildman–Crippen LogP) is 3.68. The first-order valence-electron chi connectivity index (χ1n) is 11.6. The molecule has 0 aromatic heterocycles. The number of ether oxygens (including phenoxy) is 4. The summed E-state index contributed by atoms with van der Waals surface area (Å²) < 4.78 is 23.6. The molecule has 174 valence electrons. The fourth-order valence-electron chi connectivity index (χ4n) is 6.42. The molecule has 5 aromatic carbocycles. The van der Waals surface area contributed by atoms with Gasteiger partial charge in [0, 0.05) is 57.6 Å². The molecule has 5 aromatic rings. The maximum absolute atomic E-state index is 13.3. The Bertz CT molecular complexity index is 1790. The van der Waals surface area contributed by atoms with Gasteiger partial charge in [0.25, 0.3) is 0 Å². The molecule has 2 unspecified atom stereocenters. The van der Waals surface area contributed by atoms with Crippen molar-refractivity contribution in [2.45, 2.75) is 38.9 Å². The normalized spacial score (nSPS) is 20.2. The third-order valence-electron chi connectivity index (χ3n) is 7.62. The molecule has 0 amide bonds. The molecule has 0 saturated heterocycles. The fraction of sp³-hybridized carbons (Fsp3) is 0.259. The maximum Gasteiger partial charge on any atom is 0.230 e. The van der Waals surface area contributed by atoms with Gasteiger partial charge in [-0.2, -0.15) is 0 Å². The minimum absolute atomic E-state index is 0.141. The zero-order chi connectivity index (χ0) is 23.9. The first kappa shape index (κ1) is 19.1. The van der Waals surface area contributed by atoms with Gasteiger partial charge in [-0.15, -0.1) is 0 Å². The molecule has 8 nitrogen and oxygen atoms in total. The Morgan fingerprint density at radius 2 is 1.09 bits per heavy atom. The Balaban J connectivity index is 1.84. The summed E-state index contributed by atoms with van der Waals surface area (Å²) in [4.78, 5) is 26.7. The molecule has 35 heavy (non-hydrogen) atoms. The van der Waals surface area contributed by atoms with Crippen LogP contribution in [0, 0.1) is 0 Å². The van der Waals surface area contributed by atoms with Crippen LogP contribution in [0.4, 0.5) is 0 Å². The summed E-state index contributed by atoms with van der Waals surface area (Å²) in [7, 11) is 0. The third-order valence-corrected chi connectivity index (χ3v) is 7.62. The van der Waals surface area contributed by atoms with E-state index < -0.39 is 10.9 Å². The van der Waals surface area contributed by atoms with Crippen molar-refractivity contribution in [1.29, 1.82) is 0 Å². The van der Waals surface area contributed by atoms with E-state index in [-0.39, 0.29) is 52.8 Å². The molecule has 0 radical (unpaired) electrons. The Kier molecular flexibility index (Phi) is 3.22. The molecule has 3 aliphatic rings. The van der Waals surface area contributed by atoms with Crippen molar-refractivity contribution in [1.82, 2.24) is 0 Å². The van der Waals surface area contributed by atoms with Crippen LogP contribution >= 0.6 is 0 Å². The van der Waals surface area contributed by atoms with Crippen LogP contribution in [-0.4, -0.2) is 29.2 Å². The molecule has 8 rings (SSSR count). The van der Waals surface area contributed by atoms with E-state index in [0.717, 1.165) is 21.9 Å². The Morgan fingerprint density at radius 1 is 0.657 bits per heavy atom. The van der Waals surface area contributed by atoms with Gasteiger partial charge in [0.05, 0.1) is 10.8 Å². The van der Waals surface area contributed by atoms with Crippen molar-refractivity contribution < 1.29 is 29.2 Å². The predicted molar refractivity (Wildman–Crippen MR) is 128 cm³/mol. The second kappa shape index (κ2) is 5.89. The maximum atomic E-state index is 13.3. The molecule has 0 saturated carbocycles. The van der Waals surface area contributed by atoms with E-state index in [1.807, 2.05) is 13.8 Å². The molecule has 2 atom stereocenters. The molecule has 3 aliphatic heterocycles. The van der Waals surface area contributed by atoms with E-state index in [1.165, 1.54) is 12.1 Å². The summed E-state index contributed by atoms with van der Waals surface area (Å²) in [5, 5.41) is 26.4. The van der Waals surface area contributed by atoms with Gasteiger partial charge >= 0.3 is 0 Å². The molecular formula is C27H18O8. The standard InChI is InChI=1S/C27H18O8/c1-8-3-10-16-17-11-4-9(2)35-27(11)25(31)19-13(29)6-15-21(23(17)19)20-14(32-7-33-15)5-12(28)18(22(16)20)24(30)26(10)34-8/h5-6,8-9,30-31H,3-4,7H2,1-2H3. The summed E-state index contributed by atoms with van der Waals surface area (Å²) in [6.07, 6.45) is 0.596. The Hall–Kier alpha value is -4.20. The topological polar surface area (TPSA) is 112 Å². The Morgan fingerprint density at radius 3 is 1.51 bits per heavy atom. The van der Waals surface area contributed by atoms with Crippen LogP contribution in [0.5, 0.6) is 34.5 Å². The minimum Gasteiger partial charge on any atom is -0.504 e. The summed E-state index contributed by atoms with van der Waals surface area (Å²) in [5.74, 6) is 0.803. The highest BCUT2D eigenvalue weighted by molar-refractivity contribution is 6.38. The van der Waals surface area contributed by atoms with Crippen LogP contribution in [0.1, 0.15) is 25.0 Å². The lowest BCUT2D eigenvalue weighted by molar-refractivity contribution is 0.125. The van der Waals surface area contributed by atoms with Crippen LogP contribution in [0.2, 0.25) is 0 Å². The number of hydrogen-bond acceptors (Lipinski definition) is 8. The molecular weight excluding hydrogens is 452 g/mol. The van der Waals surface area contributed by atoms with Crippen molar-refractivity contribution >= 4 is 43.1 Å². The SMILES string of the molecule is CC1Cc2c(c(O)c3c(=O)cc4c5c6c(cc(=O)c7c(O)c8c(c(c2c35)c76)CC(C)O8)OCO4)O1. The van der Waals surface area contributed by atoms with E-state index >= 15 is 0 Å². The smallest absolute Gasteiger partial charge is 0.230 e. The molecule has 3 heterocycles. The van der Waals surface area contributed by atoms with Gasteiger partial charge in [-0.1, -0.05) is 0 Å². The van der Waals surface area contributed by atoms with Crippen LogP contribution in [-0.2, 0) is 12.8 Å². The largest absolute Gasteiger partial charge is 0.504 e. The van der Waals surface area contributed by atoms with Crippen molar-refractivity contribution in [3.05, 3.63) is 43.7 Å². The van der Waals surface area contributed by atoms with E-state index in [9.17, 15) is 19.8 Å². The summed E-state index contributed by atoms with van der Waals surface area (Å²) in [5.41, 5.74) is 0.731. The number of benzene rings is 5. The van der Waals surface area contributed by atoms with Gasteiger partial charge < -0.3 is 29.2 Å². The highest BCUT2D eigenvalue weighted by atomic mass is 16.7. The zero-order valence-electron chi connectivity index (χ0n) is 18.8. The first-order chi connectivity index (χ1) is 16.8. The molecule has 2 N–H and O–H groups in total. The number of fused-ring (bicyclic) bond motifs is 5. The number of phenols is 2. The van der Waals surface area contributed by atoms with Gasteiger partial charge in [-0.3, -0.25) is 9.59 Å². The molecule has 8 heteroatoms. The van der Waals surface area contributed by atoms with Gasteiger partial charge in [-0.25, -0.2) is 0 Å². The van der Waals surface area contributed by atoms with E-state index in [1.54, 1.807) is 0 Å². The molecule has 0 bridgehead atoms. The minimum atomic E-state index is -0.396. The fourth-order valence-corrected chi connectivity index (χ4v) is 6.42. The highest BCUT2D eigenvalue weighted by Gasteiger charge is 2.37.